The molecule has 1 aromatic heterocycles. The van der Waals surface area contributed by atoms with Crippen LogP contribution in [0.5, 0.6) is 5.75 Å². The summed E-state index contributed by atoms with van der Waals surface area (Å²) in [4.78, 5) is 17.1. The van der Waals surface area contributed by atoms with Crippen LogP contribution in [0.25, 0.3) is 11.1 Å². The molecule has 202 valence electrons. The average Bonchev–Trinajstić information content (AvgIpc) is 2.90. The second-order valence-electron chi connectivity index (χ2n) is 10.5. The fourth-order valence-corrected chi connectivity index (χ4v) is 5.19. The fourth-order valence-electron chi connectivity index (χ4n) is 5.19. The van der Waals surface area contributed by atoms with Crippen molar-refractivity contribution in [2.75, 3.05) is 7.11 Å². The van der Waals surface area contributed by atoms with E-state index >= 15 is 0 Å². The van der Waals surface area contributed by atoms with Gasteiger partial charge >= 0.3 is 5.97 Å². The van der Waals surface area contributed by atoms with E-state index in [1.807, 2.05) is 38.1 Å². The lowest BCUT2D eigenvalue weighted by atomic mass is 9.87. The number of aryl methyl sites for hydroxylation is 2. The van der Waals surface area contributed by atoms with Gasteiger partial charge in [0.25, 0.3) is 0 Å². The number of carbonyl (C=O) groups is 1. The molecule has 38 heavy (non-hydrogen) atoms. The number of esters is 1. The summed E-state index contributed by atoms with van der Waals surface area (Å²) >= 11 is 0. The second kappa shape index (κ2) is 12.5. The summed E-state index contributed by atoms with van der Waals surface area (Å²) in [6, 6.07) is 15.4. The van der Waals surface area contributed by atoms with Gasteiger partial charge < -0.3 is 14.8 Å². The largest absolute Gasteiger partial charge is 0.497 e. The molecule has 1 heterocycles. The molecule has 1 N–H and O–H groups in total. The van der Waals surface area contributed by atoms with E-state index in [1.165, 1.54) is 11.6 Å². The van der Waals surface area contributed by atoms with Crippen molar-refractivity contribution in [1.82, 2.24) is 10.3 Å². The Labute approximate surface area is 225 Å². The van der Waals surface area contributed by atoms with Gasteiger partial charge in [-0.3, -0.25) is 9.78 Å². The van der Waals surface area contributed by atoms with E-state index in [4.69, 9.17) is 14.5 Å². The minimum Gasteiger partial charge on any atom is -0.497 e. The molecule has 0 spiro atoms. The van der Waals surface area contributed by atoms with Crippen LogP contribution in [-0.2, 0) is 28.8 Å². The number of nitrogens with one attached hydrogen (secondary N) is 1. The first-order chi connectivity index (χ1) is 18.2. The fraction of sp³-hybridized carbons (Fsp3) is 0.438. The summed E-state index contributed by atoms with van der Waals surface area (Å²) in [5.41, 5.74) is 7.08. The predicted octanol–water partition coefficient (Wildman–Crippen LogP) is 7.07. The van der Waals surface area contributed by atoms with Crippen molar-refractivity contribution in [3.63, 3.8) is 0 Å². The molecule has 0 amide bonds. The number of carbonyl (C=O) groups excluding carboxylic acids is 1. The third-order valence-electron chi connectivity index (χ3n) is 7.11. The van der Waals surface area contributed by atoms with Crippen molar-refractivity contribution in [3.8, 4) is 16.9 Å². The van der Waals surface area contributed by atoms with Gasteiger partial charge in [0, 0.05) is 24.2 Å². The van der Waals surface area contributed by atoms with Crippen LogP contribution < -0.4 is 10.1 Å². The van der Waals surface area contributed by atoms with Gasteiger partial charge in [0.1, 0.15) is 11.6 Å². The number of fused-ring (bicyclic) bond motifs is 1. The number of hydrogen-bond acceptors (Lipinski definition) is 5. The van der Waals surface area contributed by atoms with E-state index in [0.29, 0.717) is 6.42 Å². The minimum atomic E-state index is -0.296. The van der Waals surface area contributed by atoms with Crippen LogP contribution >= 0.6 is 0 Å². The molecule has 0 fully saturated rings. The van der Waals surface area contributed by atoms with Crippen LogP contribution in [0.2, 0.25) is 0 Å². The topological polar surface area (TPSA) is 60.5 Å². The minimum absolute atomic E-state index is 0.0130. The first-order valence-electron chi connectivity index (χ1n) is 13.7. The number of methoxy groups -OCH3 is 1. The van der Waals surface area contributed by atoms with E-state index in [9.17, 15) is 9.18 Å². The van der Waals surface area contributed by atoms with Gasteiger partial charge in [-0.2, -0.15) is 0 Å². The summed E-state index contributed by atoms with van der Waals surface area (Å²) in [6.07, 6.45) is 4.58. The van der Waals surface area contributed by atoms with Crippen molar-refractivity contribution in [2.45, 2.75) is 84.4 Å². The van der Waals surface area contributed by atoms with E-state index in [2.05, 4.69) is 31.3 Å². The lowest BCUT2D eigenvalue weighted by Crippen LogP contribution is -2.24. The number of pyridine rings is 1. The van der Waals surface area contributed by atoms with Gasteiger partial charge in [-0.05, 0) is 118 Å². The summed E-state index contributed by atoms with van der Waals surface area (Å²) < 4.78 is 25.5. The van der Waals surface area contributed by atoms with Gasteiger partial charge in [0.2, 0.25) is 0 Å². The van der Waals surface area contributed by atoms with Crippen LogP contribution in [0.4, 0.5) is 4.39 Å². The number of nitrogens with zero attached hydrogens (tertiary/aromatic N) is 1. The Morgan fingerprint density at radius 3 is 2.58 bits per heavy atom. The maximum Gasteiger partial charge on any atom is 0.306 e. The Balaban J connectivity index is 1.62. The molecular weight excluding hydrogens is 479 g/mol. The molecule has 3 aromatic rings. The molecule has 1 aliphatic rings. The first kappa shape index (κ1) is 27.8. The van der Waals surface area contributed by atoms with E-state index < -0.39 is 0 Å². The number of hydrogen-bond donors (Lipinski definition) is 1. The molecule has 4 rings (SSSR count). The van der Waals surface area contributed by atoms with Crippen LogP contribution in [0.1, 0.15) is 87.1 Å². The smallest absolute Gasteiger partial charge is 0.306 e. The molecule has 0 aliphatic heterocycles. The maximum absolute atomic E-state index is 14.8. The summed E-state index contributed by atoms with van der Waals surface area (Å²) in [5, 5.41) is 3.68. The maximum atomic E-state index is 14.8. The number of benzene rings is 2. The SMILES string of the molecule is COc1cccc([C@@H](C)NC(C)c2cc(-c3cc(F)cc(CCC(=O)OC(C)C)c3)c3c(n2)CCCC3)c1. The van der Waals surface area contributed by atoms with Crippen molar-refractivity contribution < 1.29 is 18.7 Å². The number of aromatic nitrogens is 1. The molecule has 0 saturated heterocycles. The lowest BCUT2D eigenvalue weighted by molar-refractivity contribution is -0.147. The normalized spacial score (nSPS) is 14.6. The molecule has 0 radical (unpaired) electrons. The molecule has 2 atom stereocenters. The second-order valence-corrected chi connectivity index (χ2v) is 10.5. The Morgan fingerprint density at radius 1 is 1.03 bits per heavy atom. The highest BCUT2D eigenvalue weighted by atomic mass is 19.1. The Kier molecular flexibility index (Phi) is 9.16. The van der Waals surface area contributed by atoms with Crippen molar-refractivity contribution in [2.24, 2.45) is 0 Å². The third-order valence-corrected chi connectivity index (χ3v) is 7.11. The lowest BCUT2D eigenvalue weighted by Gasteiger charge is -2.25. The van der Waals surface area contributed by atoms with Crippen molar-refractivity contribution in [1.29, 1.82) is 0 Å². The number of rotatable bonds is 10. The van der Waals surface area contributed by atoms with Gasteiger partial charge in [-0.1, -0.05) is 18.2 Å². The Hall–Kier alpha value is -3.25. The third kappa shape index (κ3) is 6.98. The number of halogens is 1. The van der Waals surface area contributed by atoms with E-state index in [0.717, 1.165) is 65.1 Å². The highest BCUT2D eigenvalue weighted by molar-refractivity contribution is 5.71. The van der Waals surface area contributed by atoms with E-state index in [1.54, 1.807) is 13.2 Å². The molecule has 2 aromatic carbocycles. The van der Waals surface area contributed by atoms with Gasteiger partial charge in [-0.15, -0.1) is 0 Å². The van der Waals surface area contributed by atoms with Gasteiger partial charge in [-0.25, -0.2) is 4.39 Å². The average molecular weight is 519 g/mol. The summed E-state index contributed by atoms with van der Waals surface area (Å²) in [7, 11) is 1.67. The van der Waals surface area contributed by atoms with Crippen LogP contribution in [0, 0.1) is 5.82 Å². The van der Waals surface area contributed by atoms with Crippen LogP contribution in [-0.4, -0.2) is 24.2 Å². The first-order valence-corrected chi connectivity index (χ1v) is 13.7. The van der Waals surface area contributed by atoms with Gasteiger partial charge in [0.15, 0.2) is 0 Å². The molecule has 5 nitrogen and oxygen atoms in total. The van der Waals surface area contributed by atoms with Gasteiger partial charge in [0.05, 0.1) is 18.9 Å². The molecule has 0 bridgehead atoms. The molecular formula is C32H39FN2O3. The summed E-state index contributed by atoms with van der Waals surface area (Å²) in [5.74, 6) is 0.271. The van der Waals surface area contributed by atoms with E-state index in [-0.39, 0.29) is 36.4 Å². The van der Waals surface area contributed by atoms with Crippen LogP contribution in [0.15, 0.2) is 48.5 Å². The number of ether oxygens (including phenoxy) is 2. The zero-order valence-corrected chi connectivity index (χ0v) is 23.1. The molecule has 6 heteroatoms. The predicted molar refractivity (Wildman–Crippen MR) is 149 cm³/mol. The highest BCUT2D eigenvalue weighted by Crippen LogP contribution is 2.34. The zero-order chi connectivity index (χ0) is 27.2. The molecule has 1 unspecified atom stereocenters. The monoisotopic (exact) mass is 518 g/mol. The Morgan fingerprint density at radius 2 is 1.82 bits per heavy atom. The molecule has 0 saturated carbocycles. The Bertz CT molecular complexity index is 1270. The van der Waals surface area contributed by atoms with Crippen molar-refractivity contribution in [3.05, 3.63) is 82.4 Å². The highest BCUT2D eigenvalue weighted by Gasteiger charge is 2.21. The zero-order valence-electron chi connectivity index (χ0n) is 23.1. The molecule has 1 aliphatic carbocycles. The standard InChI is InChI=1S/C32H39FN2O3/c1-20(2)38-32(36)14-13-23-15-25(17-26(33)16-23)29-19-31(35-30-12-7-6-11-28(29)30)22(4)34-21(3)24-9-8-10-27(18-24)37-5/h8-10,15-22,34H,6-7,11-14H2,1-5H3/t21-,22?/m1/s1. The quantitative estimate of drug-likeness (QED) is 0.291. The summed E-state index contributed by atoms with van der Waals surface area (Å²) in [6.45, 7) is 7.91. The van der Waals surface area contributed by atoms with Crippen molar-refractivity contribution >= 4 is 5.97 Å². The van der Waals surface area contributed by atoms with Crippen LogP contribution in [0.3, 0.4) is 0 Å².